The number of hydrogen-bond donors (Lipinski definition) is 1. The van der Waals surface area contributed by atoms with E-state index in [2.05, 4.69) is 22.8 Å². The van der Waals surface area contributed by atoms with Crippen LogP contribution in [-0.2, 0) is 6.61 Å². The van der Waals surface area contributed by atoms with E-state index in [9.17, 15) is 0 Å². The maximum Gasteiger partial charge on any atom is 0.192 e. The predicted octanol–water partition coefficient (Wildman–Crippen LogP) is 3.44. The van der Waals surface area contributed by atoms with Crippen LogP contribution in [0.3, 0.4) is 0 Å². The topological polar surface area (TPSA) is 39.9 Å². The van der Waals surface area contributed by atoms with E-state index in [0.29, 0.717) is 11.8 Å². The first-order valence-electron chi connectivity index (χ1n) is 6.62. The first-order chi connectivity index (χ1) is 10.2. The van der Waals surface area contributed by atoms with Crippen molar-refractivity contribution < 1.29 is 4.74 Å². The third-order valence-electron chi connectivity index (χ3n) is 3.15. The maximum atomic E-state index is 5.77. The zero-order valence-corrected chi connectivity index (χ0v) is 12.5. The number of nitrogens with zero attached hydrogens (tertiary/aromatic N) is 3. The molecular weight excluding hydrogens is 282 g/mol. The Morgan fingerprint density at radius 3 is 2.33 bits per heavy atom. The Labute approximate surface area is 128 Å². The molecule has 0 fully saturated rings. The van der Waals surface area contributed by atoms with Gasteiger partial charge >= 0.3 is 0 Å². The molecule has 106 valence electrons. The average Bonchev–Trinajstić information content (AvgIpc) is 2.86. The molecule has 21 heavy (non-hydrogen) atoms. The van der Waals surface area contributed by atoms with Crippen LogP contribution in [0.5, 0.6) is 5.75 Å². The second kappa shape index (κ2) is 6.01. The first kappa shape index (κ1) is 13.7. The Hall–Kier alpha value is -2.27. The molecule has 2 aromatic carbocycles. The van der Waals surface area contributed by atoms with Gasteiger partial charge in [-0.2, -0.15) is 0 Å². The maximum absolute atomic E-state index is 5.77. The summed E-state index contributed by atoms with van der Waals surface area (Å²) < 4.78 is 7.64. The van der Waals surface area contributed by atoms with Gasteiger partial charge in [0.25, 0.3) is 0 Å². The van der Waals surface area contributed by atoms with Gasteiger partial charge < -0.3 is 4.74 Å². The van der Waals surface area contributed by atoms with Gasteiger partial charge in [0.15, 0.2) is 5.16 Å². The van der Waals surface area contributed by atoms with Crippen molar-refractivity contribution in [3.05, 3.63) is 66.0 Å². The molecule has 0 amide bonds. The van der Waals surface area contributed by atoms with E-state index >= 15 is 0 Å². The van der Waals surface area contributed by atoms with Crippen LogP contribution in [0.4, 0.5) is 0 Å². The molecule has 1 aromatic heterocycles. The van der Waals surface area contributed by atoms with Crippen LogP contribution in [0.15, 0.2) is 59.8 Å². The zero-order valence-electron chi connectivity index (χ0n) is 11.6. The largest absolute Gasteiger partial charge is 0.489 e. The van der Waals surface area contributed by atoms with Crippen molar-refractivity contribution in [3.8, 4) is 11.4 Å². The van der Waals surface area contributed by atoms with E-state index in [1.165, 1.54) is 0 Å². The van der Waals surface area contributed by atoms with E-state index in [1.54, 1.807) is 0 Å². The molecule has 0 aliphatic rings. The lowest BCUT2D eigenvalue weighted by atomic mass is 10.2. The summed E-state index contributed by atoms with van der Waals surface area (Å²) in [7, 11) is 0. The highest BCUT2D eigenvalue weighted by Gasteiger charge is 2.07. The number of ether oxygens (including phenoxy) is 1. The lowest BCUT2D eigenvalue weighted by Crippen LogP contribution is -1.99. The van der Waals surface area contributed by atoms with Crippen molar-refractivity contribution in [3.63, 3.8) is 0 Å². The summed E-state index contributed by atoms with van der Waals surface area (Å²) in [5, 5.41) is 8.51. The summed E-state index contributed by atoms with van der Waals surface area (Å²) in [6, 6.07) is 17.9. The van der Waals surface area contributed by atoms with Crippen molar-refractivity contribution in [2.24, 2.45) is 0 Å². The molecule has 1 heterocycles. The minimum absolute atomic E-state index is 0.559. The third kappa shape index (κ3) is 3.08. The Morgan fingerprint density at radius 2 is 1.71 bits per heavy atom. The molecule has 0 N–H and O–H groups in total. The Kier molecular flexibility index (Phi) is 3.92. The van der Waals surface area contributed by atoms with Crippen molar-refractivity contribution in [1.29, 1.82) is 0 Å². The first-order valence-corrected chi connectivity index (χ1v) is 7.07. The molecule has 0 aliphatic carbocycles. The van der Waals surface area contributed by atoms with Gasteiger partial charge in [-0.3, -0.25) is 4.57 Å². The fraction of sp³-hybridized carbons (Fsp3) is 0.125. The highest BCUT2D eigenvalue weighted by Crippen LogP contribution is 2.19. The van der Waals surface area contributed by atoms with Crippen LogP contribution in [0.1, 0.15) is 11.4 Å². The molecule has 4 nitrogen and oxygen atoms in total. The van der Waals surface area contributed by atoms with Crippen LogP contribution in [0.25, 0.3) is 5.69 Å². The van der Waals surface area contributed by atoms with Crippen molar-refractivity contribution in [2.75, 3.05) is 0 Å². The second-order valence-electron chi connectivity index (χ2n) is 4.65. The normalized spacial score (nSPS) is 10.6. The van der Waals surface area contributed by atoms with Crippen LogP contribution >= 0.6 is 12.6 Å². The summed E-state index contributed by atoms with van der Waals surface area (Å²) in [4.78, 5) is 0. The van der Waals surface area contributed by atoms with Crippen LogP contribution in [0.2, 0.25) is 0 Å². The quantitative estimate of drug-likeness (QED) is 0.750. The van der Waals surface area contributed by atoms with Crippen LogP contribution < -0.4 is 4.74 Å². The summed E-state index contributed by atoms with van der Waals surface area (Å²) >= 11 is 4.30. The lowest BCUT2D eigenvalue weighted by Gasteiger charge is -2.09. The smallest absolute Gasteiger partial charge is 0.192 e. The molecule has 3 aromatic rings. The number of thiol groups is 1. The van der Waals surface area contributed by atoms with Gasteiger partial charge in [0.05, 0.1) is 0 Å². The third-order valence-corrected chi connectivity index (χ3v) is 3.44. The predicted molar refractivity (Wildman–Crippen MR) is 84.1 cm³/mol. The second-order valence-corrected chi connectivity index (χ2v) is 5.05. The molecule has 0 saturated carbocycles. The van der Waals surface area contributed by atoms with Crippen molar-refractivity contribution in [2.45, 2.75) is 18.7 Å². The Balaban J connectivity index is 1.73. The molecule has 3 rings (SSSR count). The fourth-order valence-electron chi connectivity index (χ4n) is 2.09. The van der Waals surface area contributed by atoms with E-state index in [0.717, 1.165) is 22.8 Å². The summed E-state index contributed by atoms with van der Waals surface area (Å²) in [5.74, 6) is 1.63. The molecule has 5 heteroatoms. The number of aryl methyl sites for hydroxylation is 1. The van der Waals surface area contributed by atoms with Gasteiger partial charge in [0.1, 0.15) is 18.2 Å². The summed E-state index contributed by atoms with van der Waals surface area (Å²) in [6.45, 7) is 2.45. The molecule has 0 radical (unpaired) electrons. The van der Waals surface area contributed by atoms with Crippen molar-refractivity contribution >= 4 is 12.6 Å². The zero-order chi connectivity index (χ0) is 14.7. The minimum atomic E-state index is 0.559. The Morgan fingerprint density at radius 1 is 1.00 bits per heavy atom. The molecule has 0 unspecified atom stereocenters. The van der Waals surface area contributed by atoms with E-state index in [4.69, 9.17) is 4.74 Å². The fourth-order valence-corrected chi connectivity index (χ4v) is 2.39. The Bertz CT molecular complexity index is 704. The van der Waals surface area contributed by atoms with Gasteiger partial charge in [-0.25, -0.2) is 0 Å². The average molecular weight is 297 g/mol. The molecule has 0 atom stereocenters. The van der Waals surface area contributed by atoms with Crippen LogP contribution in [-0.4, -0.2) is 14.8 Å². The van der Waals surface area contributed by atoms with E-state index < -0.39 is 0 Å². The number of benzene rings is 2. The molecule has 0 aliphatic heterocycles. The molecular formula is C16H15N3OS. The molecule has 0 bridgehead atoms. The SMILES string of the molecule is Cc1nnc(S)n1-c1ccc(OCc2ccccc2)cc1. The van der Waals surface area contributed by atoms with Gasteiger partial charge in [-0.1, -0.05) is 30.3 Å². The lowest BCUT2D eigenvalue weighted by molar-refractivity contribution is 0.306. The van der Waals surface area contributed by atoms with Gasteiger partial charge in [0.2, 0.25) is 0 Å². The molecule has 0 saturated heterocycles. The van der Waals surface area contributed by atoms with Crippen LogP contribution in [0, 0.1) is 6.92 Å². The monoisotopic (exact) mass is 297 g/mol. The highest BCUT2D eigenvalue weighted by molar-refractivity contribution is 7.80. The number of hydrogen-bond acceptors (Lipinski definition) is 4. The highest BCUT2D eigenvalue weighted by atomic mass is 32.1. The van der Waals surface area contributed by atoms with Gasteiger partial charge in [0, 0.05) is 5.69 Å². The van der Waals surface area contributed by atoms with E-state index in [1.807, 2.05) is 66.1 Å². The van der Waals surface area contributed by atoms with E-state index in [-0.39, 0.29) is 0 Å². The van der Waals surface area contributed by atoms with Gasteiger partial charge in [-0.05, 0) is 36.8 Å². The number of rotatable bonds is 4. The van der Waals surface area contributed by atoms with Crippen molar-refractivity contribution in [1.82, 2.24) is 14.8 Å². The molecule has 0 spiro atoms. The summed E-state index contributed by atoms with van der Waals surface area (Å²) in [6.07, 6.45) is 0. The van der Waals surface area contributed by atoms with Gasteiger partial charge in [-0.15, -0.1) is 22.8 Å². The summed E-state index contributed by atoms with van der Waals surface area (Å²) in [5.41, 5.74) is 2.11. The number of aromatic nitrogens is 3. The minimum Gasteiger partial charge on any atom is -0.489 e. The standard InChI is InChI=1S/C16H15N3OS/c1-12-17-18-16(21)19(12)14-7-9-15(10-8-14)20-11-13-5-3-2-4-6-13/h2-10H,11H2,1H3,(H,18,21).